The molecule has 3 rings (SSSR count). The van der Waals surface area contributed by atoms with E-state index < -0.39 is 0 Å². The van der Waals surface area contributed by atoms with Crippen LogP contribution in [0.15, 0.2) is 41.2 Å². The molecule has 1 aromatic rings. The highest BCUT2D eigenvalue weighted by Crippen LogP contribution is 2.36. The average Bonchev–Trinajstić information content (AvgIpc) is 2.63. The van der Waals surface area contributed by atoms with E-state index in [-0.39, 0.29) is 16.4 Å². The summed E-state index contributed by atoms with van der Waals surface area (Å²) in [5.41, 5.74) is 2.64. The normalized spacial score (nSPS) is 26.7. The monoisotopic (exact) mass is 298 g/mol. The Labute approximate surface area is 130 Å². The predicted octanol–water partition coefficient (Wildman–Crippen LogP) is 2.07. The van der Waals surface area contributed by atoms with Gasteiger partial charge in [0.05, 0.1) is 19.2 Å². The number of allylic oxidation sites excluding steroid dienone is 2. The van der Waals surface area contributed by atoms with Gasteiger partial charge in [-0.15, -0.1) is 0 Å². The number of rotatable bonds is 2. The Morgan fingerprint density at radius 2 is 2.18 bits per heavy atom. The van der Waals surface area contributed by atoms with Crippen molar-refractivity contribution < 1.29 is 14.0 Å². The Morgan fingerprint density at radius 1 is 1.41 bits per heavy atom. The summed E-state index contributed by atoms with van der Waals surface area (Å²) in [4.78, 5) is 17.7. The van der Waals surface area contributed by atoms with Gasteiger partial charge in [0.25, 0.3) is 0 Å². The first-order valence-corrected chi connectivity index (χ1v) is 7.61. The van der Waals surface area contributed by atoms with Gasteiger partial charge >= 0.3 is 5.91 Å². The zero-order valence-corrected chi connectivity index (χ0v) is 13.1. The van der Waals surface area contributed by atoms with E-state index in [1.54, 1.807) is 18.3 Å². The van der Waals surface area contributed by atoms with E-state index in [9.17, 15) is 10.0 Å². The number of aliphatic imine (C=N–C) groups is 1. The molecular weight excluding hydrogens is 278 g/mol. The van der Waals surface area contributed by atoms with Crippen LogP contribution in [0.2, 0.25) is 0 Å². The van der Waals surface area contributed by atoms with Gasteiger partial charge in [-0.1, -0.05) is 6.92 Å². The van der Waals surface area contributed by atoms with Crippen LogP contribution in [0, 0.1) is 5.21 Å². The van der Waals surface area contributed by atoms with Crippen LogP contribution in [-0.4, -0.2) is 36.2 Å². The molecule has 1 amide bonds. The smallest absolute Gasteiger partial charge is 0.353 e. The molecule has 2 atom stereocenters. The number of likely N-dealkylation sites (N-methyl/N-ethyl adjacent to an activating group) is 1. The molecule has 2 aliphatic rings. The van der Waals surface area contributed by atoms with Gasteiger partial charge in [0.2, 0.25) is 5.69 Å². The summed E-state index contributed by atoms with van der Waals surface area (Å²) in [5.74, 6) is -0.0320. The molecule has 2 unspecified atom stereocenters. The second kappa shape index (κ2) is 5.18. The van der Waals surface area contributed by atoms with Crippen molar-refractivity contribution in [3.63, 3.8) is 0 Å². The molecule has 0 fully saturated rings. The van der Waals surface area contributed by atoms with Gasteiger partial charge in [-0.25, -0.2) is 9.28 Å². The van der Waals surface area contributed by atoms with Crippen LogP contribution < -0.4 is 4.73 Å². The Morgan fingerprint density at radius 3 is 2.86 bits per heavy atom. The Hall–Kier alpha value is -2.27. The number of hydrogen-bond acceptors (Lipinski definition) is 3. The lowest BCUT2D eigenvalue weighted by Gasteiger charge is -2.36. The van der Waals surface area contributed by atoms with Crippen LogP contribution in [-0.2, 0) is 0 Å². The zero-order valence-electron chi connectivity index (χ0n) is 13.1. The number of nitrogens with zero attached hydrogens (tertiary/aromatic N) is 3. The van der Waals surface area contributed by atoms with Crippen molar-refractivity contribution in [2.45, 2.75) is 26.3 Å². The maximum absolute atomic E-state index is 13.2. The van der Waals surface area contributed by atoms with E-state index in [1.807, 2.05) is 33.0 Å². The minimum atomic E-state index is -0.148. The zero-order chi connectivity index (χ0) is 15.9. The van der Waals surface area contributed by atoms with Gasteiger partial charge in [-0.05, 0) is 31.6 Å². The molecular formula is C17H20N3O2+. The number of pyridine rings is 1. The number of carbonyl (C=O) groups excluding carboxylic acids is 1. The second-order valence-electron chi connectivity index (χ2n) is 5.81. The summed E-state index contributed by atoms with van der Waals surface area (Å²) in [6.07, 6.45) is 7.73. The van der Waals surface area contributed by atoms with Crippen molar-refractivity contribution in [2.24, 2.45) is 4.99 Å². The summed E-state index contributed by atoms with van der Waals surface area (Å²) in [7, 11) is 1.92. The number of amides is 1. The Kier molecular flexibility index (Phi) is 3.45. The first-order chi connectivity index (χ1) is 10.5. The van der Waals surface area contributed by atoms with E-state index >= 15 is 0 Å². The molecule has 5 heteroatoms. The lowest BCUT2D eigenvalue weighted by Crippen LogP contribution is -2.56. The van der Waals surface area contributed by atoms with E-state index in [2.05, 4.69) is 4.99 Å². The number of quaternary nitrogens is 1. The topological polar surface area (TPSA) is 56.4 Å². The van der Waals surface area contributed by atoms with Crippen LogP contribution in [0.5, 0.6) is 0 Å². The number of hydrogen-bond donors (Lipinski definition) is 0. The third-order valence-corrected chi connectivity index (χ3v) is 4.75. The van der Waals surface area contributed by atoms with Crippen molar-refractivity contribution in [3.05, 3.63) is 52.6 Å². The molecule has 22 heavy (non-hydrogen) atoms. The van der Waals surface area contributed by atoms with E-state index in [0.717, 1.165) is 16.0 Å². The SMILES string of the molecule is CCC1=C2N=CC=CC2[N+](C)(CC)C(=O)c2ccc[n+]([O-])c21. The van der Waals surface area contributed by atoms with Crippen LogP contribution in [0.1, 0.15) is 36.3 Å². The maximum Gasteiger partial charge on any atom is 0.353 e. The molecule has 3 heterocycles. The molecule has 0 N–H and O–H groups in total. The van der Waals surface area contributed by atoms with Crippen LogP contribution >= 0.6 is 0 Å². The molecule has 0 spiro atoms. The van der Waals surface area contributed by atoms with Crippen molar-refractivity contribution in [2.75, 3.05) is 13.6 Å². The minimum Gasteiger partial charge on any atom is -0.618 e. The molecule has 0 saturated heterocycles. The molecule has 0 aromatic carbocycles. The van der Waals surface area contributed by atoms with Crippen molar-refractivity contribution in [1.29, 1.82) is 0 Å². The van der Waals surface area contributed by atoms with E-state index in [1.165, 1.54) is 6.20 Å². The van der Waals surface area contributed by atoms with Gasteiger partial charge in [0.15, 0.2) is 17.8 Å². The van der Waals surface area contributed by atoms with Gasteiger partial charge in [0, 0.05) is 12.3 Å². The summed E-state index contributed by atoms with van der Waals surface area (Å²) in [6, 6.07) is 3.24. The standard InChI is InChI=1S/C17H20N3O2/c1-4-12-15-14(9-6-10-18-15)20(3,5-2)17(21)13-8-7-11-19(22)16(12)13/h6-11,14H,4-5H2,1-3H3/q+1. The van der Waals surface area contributed by atoms with Crippen LogP contribution in [0.3, 0.4) is 0 Å². The molecule has 114 valence electrons. The van der Waals surface area contributed by atoms with Gasteiger partial charge in [-0.3, -0.25) is 4.99 Å². The fourth-order valence-corrected chi connectivity index (χ4v) is 3.33. The van der Waals surface area contributed by atoms with Gasteiger partial charge in [0.1, 0.15) is 5.70 Å². The van der Waals surface area contributed by atoms with E-state index in [4.69, 9.17) is 0 Å². The number of fused-ring (bicyclic) bond motifs is 2. The average molecular weight is 298 g/mol. The fraction of sp³-hybridized carbons (Fsp3) is 0.353. The second-order valence-corrected chi connectivity index (χ2v) is 5.81. The fourth-order valence-electron chi connectivity index (χ4n) is 3.33. The maximum atomic E-state index is 13.2. The predicted molar refractivity (Wildman–Crippen MR) is 85.1 cm³/mol. The van der Waals surface area contributed by atoms with Crippen LogP contribution in [0.4, 0.5) is 0 Å². The Bertz CT molecular complexity index is 733. The molecule has 0 saturated carbocycles. The van der Waals surface area contributed by atoms with E-state index in [0.29, 0.717) is 24.2 Å². The molecule has 2 aliphatic heterocycles. The molecule has 0 bridgehead atoms. The first-order valence-electron chi connectivity index (χ1n) is 7.61. The van der Waals surface area contributed by atoms with Crippen molar-refractivity contribution in [1.82, 2.24) is 0 Å². The summed E-state index contributed by atoms with van der Waals surface area (Å²) >= 11 is 0. The molecule has 1 aromatic heterocycles. The Balaban J connectivity index is 2.41. The highest BCUT2D eigenvalue weighted by atomic mass is 16.5. The number of dihydropyridines is 1. The van der Waals surface area contributed by atoms with Crippen molar-refractivity contribution in [3.8, 4) is 0 Å². The highest BCUT2D eigenvalue weighted by Gasteiger charge is 2.48. The summed E-state index contributed by atoms with van der Waals surface area (Å²) in [5, 5.41) is 12.4. The largest absolute Gasteiger partial charge is 0.618 e. The summed E-state index contributed by atoms with van der Waals surface area (Å²) < 4.78 is 0.999. The third-order valence-electron chi connectivity index (χ3n) is 4.75. The molecule has 0 aliphatic carbocycles. The lowest BCUT2D eigenvalue weighted by molar-refractivity contribution is -0.840. The van der Waals surface area contributed by atoms with Gasteiger partial charge < -0.3 is 5.21 Å². The third kappa shape index (κ3) is 1.85. The van der Waals surface area contributed by atoms with Gasteiger partial charge in [-0.2, -0.15) is 4.73 Å². The van der Waals surface area contributed by atoms with Crippen LogP contribution in [0.25, 0.3) is 5.57 Å². The minimum absolute atomic E-state index is 0.0320. The highest BCUT2D eigenvalue weighted by molar-refractivity contribution is 5.96. The molecule has 0 radical (unpaired) electrons. The van der Waals surface area contributed by atoms with Crippen molar-refractivity contribution >= 4 is 17.7 Å². The first kappa shape index (κ1) is 14.7. The molecule has 5 nitrogen and oxygen atoms in total. The number of aromatic nitrogens is 1. The lowest BCUT2D eigenvalue weighted by atomic mass is 9.99. The number of carbonyl (C=O) groups is 1. The quantitative estimate of drug-likeness (QED) is 0.477. The summed E-state index contributed by atoms with van der Waals surface area (Å²) in [6.45, 7) is 4.62.